The van der Waals surface area contributed by atoms with Crippen LogP contribution >= 0.6 is 0 Å². The largest absolute Gasteiger partial charge is 0.375 e. The van der Waals surface area contributed by atoms with Gasteiger partial charge in [0.05, 0.1) is 5.60 Å². The Balaban J connectivity index is 1.36. The quantitative estimate of drug-likeness (QED) is 0.890. The topological polar surface area (TPSA) is 58.6 Å². The van der Waals surface area contributed by atoms with Gasteiger partial charge in [0.15, 0.2) is 0 Å². The lowest BCUT2D eigenvalue weighted by Gasteiger charge is -2.46. The van der Waals surface area contributed by atoms with Crippen molar-refractivity contribution in [1.29, 1.82) is 0 Å². The molecule has 146 valence electrons. The van der Waals surface area contributed by atoms with Crippen molar-refractivity contribution in [2.75, 3.05) is 19.7 Å². The zero-order valence-electron chi connectivity index (χ0n) is 16.4. The molecule has 0 bridgehead atoms. The summed E-state index contributed by atoms with van der Waals surface area (Å²) in [4.78, 5) is 26.9. The first kappa shape index (κ1) is 18.5. The van der Waals surface area contributed by atoms with E-state index in [9.17, 15) is 9.59 Å². The Morgan fingerprint density at radius 1 is 1.07 bits per heavy atom. The van der Waals surface area contributed by atoms with Gasteiger partial charge >= 0.3 is 0 Å². The number of hydrogen-bond donors (Lipinski definition) is 1. The summed E-state index contributed by atoms with van der Waals surface area (Å²) < 4.78 is 6.18. The minimum atomic E-state index is -0.181. The number of ether oxygens (including phenoxy) is 1. The number of carbonyl (C=O) groups excluding carboxylic acids is 2. The maximum atomic E-state index is 12.9. The van der Waals surface area contributed by atoms with Crippen LogP contribution in [0, 0.1) is 19.8 Å². The standard InChI is InChI=1S/C22H30N2O3/c1-15-11-16(2)13-18(12-15)21(26)24-8-6-22(7-9-24)14-19(5-10-27-22)23-20(25)17-3-4-17/h11-13,17,19H,3-10,14H2,1-2H3,(H,23,25)/t19-/m1/s1. The maximum Gasteiger partial charge on any atom is 0.253 e. The number of nitrogens with zero attached hydrogens (tertiary/aromatic N) is 1. The fraction of sp³-hybridized carbons (Fsp3) is 0.636. The molecule has 5 nitrogen and oxygen atoms in total. The number of rotatable bonds is 3. The number of aryl methyl sites for hydroxylation is 2. The van der Waals surface area contributed by atoms with E-state index in [-0.39, 0.29) is 29.4 Å². The summed E-state index contributed by atoms with van der Waals surface area (Å²) >= 11 is 0. The molecule has 3 fully saturated rings. The predicted octanol–water partition coefficient (Wildman–Crippen LogP) is 2.98. The second-order valence-electron chi connectivity index (χ2n) is 8.67. The first-order valence-electron chi connectivity index (χ1n) is 10.3. The van der Waals surface area contributed by atoms with E-state index in [0.29, 0.717) is 6.61 Å². The number of nitrogens with one attached hydrogen (secondary N) is 1. The van der Waals surface area contributed by atoms with Crippen molar-refractivity contribution >= 4 is 11.8 Å². The molecule has 4 rings (SSSR count). The molecular formula is C22H30N2O3. The van der Waals surface area contributed by atoms with Gasteiger partial charge in [-0.2, -0.15) is 0 Å². The summed E-state index contributed by atoms with van der Waals surface area (Å²) in [5.74, 6) is 0.589. The van der Waals surface area contributed by atoms with E-state index in [1.165, 1.54) is 0 Å². The molecule has 27 heavy (non-hydrogen) atoms. The number of hydrogen-bond acceptors (Lipinski definition) is 3. The van der Waals surface area contributed by atoms with E-state index in [2.05, 4.69) is 11.4 Å². The van der Waals surface area contributed by atoms with Crippen LogP contribution in [0.4, 0.5) is 0 Å². The van der Waals surface area contributed by atoms with Crippen molar-refractivity contribution in [3.63, 3.8) is 0 Å². The van der Waals surface area contributed by atoms with Crippen LogP contribution in [0.5, 0.6) is 0 Å². The molecule has 2 aliphatic heterocycles. The lowest BCUT2D eigenvalue weighted by Crippen LogP contribution is -2.54. The summed E-state index contributed by atoms with van der Waals surface area (Å²) in [5, 5.41) is 3.23. The lowest BCUT2D eigenvalue weighted by molar-refractivity contribution is -0.131. The van der Waals surface area contributed by atoms with Gasteiger partial charge in [0.25, 0.3) is 5.91 Å². The number of benzene rings is 1. The van der Waals surface area contributed by atoms with E-state index in [1.807, 2.05) is 30.9 Å². The number of piperidine rings is 1. The minimum absolute atomic E-state index is 0.117. The van der Waals surface area contributed by atoms with Crippen LogP contribution in [0.25, 0.3) is 0 Å². The van der Waals surface area contributed by atoms with Crippen molar-refractivity contribution in [3.05, 3.63) is 34.9 Å². The second kappa shape index (κ2) is 7.27. The molecule has 0 aromatic heterocycles. The molecule has 1 N–H and O–H groups in total. The SMILES string of the molecule is Cc1cc(C)cc(C(=O)N2CCC3(CC2)C[C@H](NC(=O)C2CC2)CCO3)c1. The number of likely N-dealkylation sites (tertiary alicyclic amines) is 1. The molecule has 1 aliphatic carbocycles. The number of amides is 2. The molecule has 0 unspecified atom stereocenters. The zero-order chi connectivity index (χ0) is 19.0. The van der Waals surface area contributed by atoms with E-state index in [4.69, 9.17) is 4.74 Å². The molecule has 1 aromatic rings. The maximum absolute atomic E-state index is 12.9. The molecule has 1 spiro atoms. The molecule has 5 heteroatoms. The molecule has 1 saturated carbocycles. The molecule has 1 atom stereocenters. The van der Waals surface area contributed by atoms with Crippen LogP contribution in [-0.2, 0) is 9.53 Å². The monoisotopic (exact) mass is 370 g/mol. The van der Waals surface area contributed by atoms with Gasteiger partial charge in [-0.3, -0.25) is 9.59 Å². The number of carbonyl (C=O) groups is 2. The van der Waals surface area contributed by atoms with E-state index in [0.717, 1.165) is 68.3 Å². The van der Waals surface area contributed by atoms with Crippen molar-refractivity contribution < 1.29 is 14.3 Å². The van der Waals surface area contributed by atoms with Gasteiger partial charge in [0.1, 0.15) is 0 Å². The zero-order valence-corrected chi connectivity index (χ0v) is 16.4. The Labute approximate surface area is 161 Å². The molecule has 2 heterocycles. The lowest BCUT2D eigenvalue weighted by atomic mass is 9.82. The highest BCUT2D eigenvalue weighted by Gasteiger charge is 2.42. The highest BCUT2D eigenvalue weighted by molar-refractivity contribution is 5.94. The van der Waals surface area contributed by atoms with Crippen LogP contribution in [0.3, 0.4) is 0 Å². The highest BCUT2D eigenvalue weighted by atomic mass is 16.5. The van der Waals surface area contributed by atoms with Crippen LogP contribution in [0.2, 0.25) is 0 Å². The van der Waals surface area contributed by atoms with Crippen molar-refractivity contribution in [1.82, 2.24) is 10.2 Å². The highest BCUT2D eigenvalue weighted by Crippen LogP contribution is 2.36. The summed E-state index contributed by atoms with van der Waals surface area (Å²) in [5.41, 5.74) is 2.84. The van der Waals surface area contributed by atoms with Gasteiger partial charge < -0.3 is 15.0 Å². The summed E-state index contributed by atoms with van der Waals surface area (Å²) in [6.07, 6.45) is 5.53. The summed E-state index contributed by atoms with van der Waals surface area (Å²) in [7, 11) is 0. The van der Waals surface area contributed by atoms with E-state index < -0.39 is 0 Å². The van der Waals surface area contributed by atoms with E-state index >= 15 is 0 Å². The Morgan fingerprint density at radius 3 is 2.37 bits per heavy atom. The van der Waals surface area contributed by atoms with Crippen LogP contribution in [0.15, 0.2) is 18.2 Å². The van der Waals surface area contributed by atoms with Crippen LogP contribution in [-0.4, -0.2) is 48.1 Å². The molecule has 0 radical (unpaired) electrons. The van der Waals surface area contributed by atoms with Gasteiger partial charge in [0.2, 0.25) is 5.91 Å². The average molecular weight is 370 g/mol. The summed E-state index contributed by atoms with van der Waals surface area (Å²) in [6, 6.07) is 6.25. The van der Waals surface area contributed by atoms with Crippen LogP contribution < -0.4 is 5.32 Å². The first-order valence-corrected chi connectivity index (χ1v) is 10.3. The molecule has 2 amide bonds. The third-order valence-electron chi connectivity index (χ3n) is 6.22. The van der Waals surface area contributed by atoms with Gasteiger partial charge in [-0.15, -0.1) is 0 Å². The molecular weight excluding hydrogens is 340 g/mol. The summed E-state index contributed by atoms with van der Waals surface area (Å²) in [6.45, 7) is 6.19. The predicted molar refractivity (Wildman–Crippen MR) is 104 cm³/mol. The van der Waals surface area contributed by atoms with Crippen LogP contribution in [0.1, 0.15) is 60.0 Å². The average Bonchev–Trinajstić information content (AvgIpc) is 3.46. The Hall–Kier alpha value is -1.88. The second-order valence-corrected chi connectivity index (χ2v) is 8.67. The van der Waals surface area contributed by atoms with Gasteiger partial charge in [-0.1, -0.05) is 17.2 Å². The molecule has 1 aromatic carbocycles. The van der Waals surface area contributed by atoms with Crippen molar-refractivity contribution in [2.24, 2.45) is 5.92 Å². The normalized spacial score (nSPS) is 24.7. The molecule has 2 saturated heterocycles. The van der Waals surface area contributed by atoms with Gasteiger partial charge in [0, 0.05) is 37.2 Å². The van der Waals surface area contributed by atoms with Crippen molar-refractivity contribution in [2.45, 2.75) is 64.0 Å². The Bertz CT molecular complexity index is 713. The van der Waals surface area contributed by atoms with Gasteiger partial charge in [-0.25, -0.2) is 0 Å². The smallest absolute Gasteiger partial charge is 0.253 e. The fourth-order valence-electron chi connectivity index (χ4n) is 4.56. The molecule has 3 aliphatic rings. The van der Waals surface area contributed by atoms with Gasteiger partial charge in [-0.05, 0) is 64.5 Å². The Morgan fingerprint density at radius 2 is 1.74 bits per heavy atom. The first-order chi connectivity index (χ1) is 12.9. The fourth-order valence-corrected chi connectivity index (χ4v) is 4.56. The minimum Gasteiger partial charge on any atom is -0.375 e. The third kappa shape index (κ3) is 4.18. The third-order valence-corrected chi connectivity index (χ3v) is 6.22. The van der Waals surface area contributed by atoms with Crippen molar-refractivity contribution in [3.8, 4) is 0 Å². The Kier molecular flexibility index (Phi) is 4.97. The van der Waals surface area contributed by atoms with E-state index in [1.54, 1.807) is 0 Å².